The first kappa shape index (κ1) is 17.9. The first-order chi connectivity index (χ1) is 12.4. The third-order valence-corrected chi connectivity index (χ3v) is 4.16. The van der Waals surface area contributed by atoms with E-state index in [0.717, 1.165) is 16.9 Å². The van der Waals surface area contributed by atoms with Gasteiger partial charge in [0, 0.05) is 23.6 Å². The fourth-order valence-corrected chi connectivity index (χ4v) is 3.06. The zero-order valence-electron chi connectivity index (χ0n) is 14.6. The van der Waals surface area contributed by atoms with Gasteiger partial charge in [0.25, 0.3) is 5.95 Å². The highest BCUT2D eigenvalue weighted by atomic mass is 32.1. The third kappa shape index (κ3) is 4.17. The highest BCUT2D eigenvalue weighted by Gasteiger charge is 2.14. The van der Waals surface area contributed by atoms with Crippen LogP contribution >= 0.6 is 11.3 Å². The molecule has 0 aliphatic rings. The van der Waals surface area contributed by atoms with Crippen molar-refractivity contribution in [3.63, 3.8) is 0 Å². The molecule has 0 atom stereocenters. The lowest BCUT2D eigenvalue weighted by Crippen LogP contribution is -2.17. The highest BCUT2D eigenvalue weighted by Crippen LogP contribution is 2.27. The van der Waals surface area contributed by atoms with E-state index in [4.69, 9.17) is 4.74 Å². The summed E-state index contributed by atoms with van der Waals surface area (Å²) in [5.41, 5.74) is 2.49. The van der Waals surface area contributed by atoms with E-state index in [1.54, 1.807) is 4.52 Å². The fraction of sp³-hybridized carbons (Fsp3) is 0.294. The van der Waals surface area contributed by atoms with Crippen molar-refractivity contribution in [3.05, 3.63) is 29.6 Å². The number of aromatic nitrogens is 3. The van der Waals surface area contributed by atoms with E-state index in [1.165, 1.54) is 18.3 Å². The number of thiazole rings is 1. The molecule has 0 radical (unpaired) electrons. The average molecular weight is 373 g/mol. The number of nitrogens with one attached hydrogen (secondary N) is 2. The first-order valence-electron chi connectivity index (χ1n) is 8.08. The standard InChI is InChI=1S/C17H19N5O3S/c1-10(2)8-25-17(24)20-15-19-16-22(21-15)14(9-26-16)12-4-6-13(7-5-12)18-11(3)23/h4-7,9-10H,8H2,1-3H3,(H,18,23)(H,20,21,24). The number of hydrogen-bond acceptors (Lipinski definition) is 6. The van der Waals surface area contributed by atoms with Crippen LogP contribution in [0.1, 0.15) is 20.8 Å². The number of anilines is 2. The van der Waals surface area contributed by atoms with E-state index >= 15 is 0 Å². The van der Waals surface area contributed by atoms with Crippen molar-refractivity contribution < 1.29 is 14.3 Å². The van der Waals surface area contributed by atoms with E-state index in [0.29, 0.717) is 11.6 Å². The maximum atomic E-state index is 11.7. The van der Waals surface area contributed by atoms with Crippen LogP contribution in [0.3, 0.4) is 0 Å². The lowest BCUT2D eigenvalue weighted by Gasteiger charge is -2.06. The molecule has 2 heterocycles. The molecular weight excluding hydrogens is 354 g/mol. The van der Waals surface area contributed by atoms with Gasteiger partial charge in [-0.15, -0.1) is 16.4 Å². The number of nitrogens with zero attached hydrogens (tertiary/aromatic N) is 3. The Bertz CT molecular complexity index is 930. The molecule has 136 valence electrons. The number of benzene rings is 1. The number of rotatable bonds is 5. The molecule has 0 aliphatic carbocycles. The predicted molar refractivity (Wildman–Crippen MR) is 100 cm³/mol. The summed E-state index contributed by atoms with van der Waals surface area (Å²) >= 11 is 1.42. The van der Waals surface area contributed by atoms with Crippen LogP contribution in [0.15, 0.2) is 29.6 Å². The van der Waals surface area contributed by atoms with Crippen LogP contribution in [-0.4, -0.2) is 33.2 Å². The summed E-state index contributed by atoms with van der Waals surface area (Å²) < 4.78 is 6.73. The van der Waals surface area contributed by atoms with Crippen LogP contribution in [0.25, 0.3) is 16.2 Å². The summed E-state index contributed by atoms with van der Waals surface area (Å²) in [7, 11) is 0. The summed E-state index contributed by atoms with van der Waals surface area (Å²) in [6.07, 6.45) is -0.571. The van der Waals surface area contributed by atoms with E-state index in [-0.39, 0.29) is 17.8 Å². The summed E-state index contributed by atoms with van der Waals surface area (Å²) in [6.45, 7) is 5.72. The minimum absolute atomic E-state index is 0.119. The maximum Gasteiger partial charge on any atom is 0.414 e. The number of carbonyl (C=O) groups excluding carboxylic acids is 2. The molecule has 3 aromatic rings. The summed E-state index contributed by atoms with van der Waals surface area (Å²) in [5, 5.41) is 11.5. The molecule has 3 rings (SSSR count). The van der Waals surface area contributed by atoms with Crippen molar-refractivity contribution in [2.45, 2.75) is 20.8 Å². The molecule has 8 nitrogen and oxygen atoms in total. The topological polar surface area (TPSA) is 97.6 Å². The van der Waals surface area contributed by atoms with Gasteiger partial charge >= 0.3 is 6.09 Å². The van der Waals surface area contributed by atoms with E-state index in [1.807, 2.05) is 43.5 Å². The van der Waals surface area contributed by atoms with Gasteiger partial charge in [0.2, 0.25) is 10.9 Å². The van der Waals surface area contributed by atoms with Gasteiger partial charge in [-0.3, -0.25) is 10.1 Å². The van der Waals surface area contributed by atoms with Crippen LogP contribution < -0.4 is 10.6 Å². The van der Waals surface area contributed by atoms with Gasteiger partial charge in [-0.1, -0.05) is 26.0 Å². The Balaban J connectivity index is 1.77. The zero-order valence-corrected chi connectivity index (χ0v) is 15.5. The molecule has 0 saturated carbocycles. The second kappa shape index (κ2) is 7.52. The maximum absolute atomic E-state index is 11.7. The fourth-order valence-electron chi connectivity index (χ4n) is 2.23. The van der Waals surface area contributed by atoms with Gasteiger partial charge < -0.3 is 10.1 Å². The average Bonchev–Trinajstić information content (AvgIpc) is 3.13. The Labute approximate surface area is 154 Å². The summed E-state index contributed by atoms with van der Waals surface area (Å²) in [6, 6.07) is 7.41. The molecule has 0 spiro atoms. The number of ether oxygens (including phenoxy) is 1. The van der Waals surface area contributed by atoms with E-state index in [9.17, 15) is 9.59 Å². The lowest BCUT2D eigenvalue weighted by molar-refractivity contribution is -0.114. The Morgan fingerprint density at radius 2 is 1.96 bits per heavy atom. The predicted octanol–water partition coefficient (Wildman–Crippen LogP) is 3.62. The van der Waals surface area contributed by atoms with Crippen molar-refractivity contribution in [2.24, 2.45) is 5.92 Å². The molecule has 2 N–H and O–H groups in total. The molecule has 0 aliphatic heterocycles. The SMILES string of the molecule is CC(=O)Nc1ccc(-c2csc3nc(NC(=O)OCC(C)C)nn23)cc1. The van der Waals surface area contributed by atoms with Crippen LogP contribution in [0, 0.1) is 5.92 Å². The van der Waals surface area contributed by atoms with E-state index < -0.39 is 6.09 Å². The molecule has 2 aromatic heterocycles. The largest absolute Gasteiger partial charge is 0.449 e. The lowest BCUT2D eigenvalue weighted by atomic mass is 10.1. The molecule has 0 saturated heterocycles. The second-order valence-corrected chi connectivity index (χ2v) is 6.96. The van der Waals surface area contributed by atoms with Crippen molar-refractivity contribution in [1.82, 2.24) is 14.6 Å². The molecule has 9 heteroatoms. The zero-order chi connectivity index (χ0) is 18.7. The molecule has 0 bridgehead atoms. The number of carbonyl (C=O) groups is 2. The Morgan fingerprint density at radius 1 is 1.23 bits per heavy atom. The number of amides is 2. The first-order valence-corrected chi connectivity index (χ1v) is 8.96. The van der Waals surface area contributed by atoms with Crippen molar-refractivity contribution in [2.75, 3.05) is 17.2 Å². The van der Waals surface area contributed by atoms with Crippen LogP contribution in [0.4, 0.5) is 16.4 Å². The quantitative estimate of drug-likeness (QED) is 0.712. The molecular formula is C17H19N5O3S. The van der Waals surface area contributed by atoms with Crippen molar-refractivity contribution >= 4 is 39.9 Å². The number of fused-ring (bicyclic) bond motifs is 1. The Kier molecular flexibility index (Phi) is 5.17. The Morgan fingerprint density at radius 3 is 2.62 bits per heavy atom. The van der Waals surface area contributed by atoms with Crippen molar-refractivity contribution in [3.8, 4) is 11.3 Å². The van der Waals surface area contributed by atoms with Crippen LogP contribution in [0.5, 0.6) is 0 Å². The number of hydrogen-bond donors (Lipinski definition) is 2. The molecule has 26 heavy (non-hydrogen) atoms. The highest BCUT2D eigenvalue weighted by molar-refractivity contribution is 7.15. The summed E-state index contributed by atoms with van der Waals surface area (Å²) in [4.78, 5) is 27.8. The Hall–Kier alpha value is -2.94. The van der Waals surface area contributed by atoms with Gasteiger partial charge in [-0.25, -0.2) is 9.31 Å². The van der Waals surface area contributed by atoms with Crippen LogP contribution in [-0.2, 0) is 9.53 Å². The van der Waals surface area contributed by atoms with Gasteiger partial charge in [0.15, 0.2) is 0 Å². The normalized spacial score (nSPS) is 10.9. The van der Waals surface area contributed by atoms with Gasteiger partial charge in [0.1, 0.15) is 0 Å². The van der Waals surface area contributed by atoms with Gasteiger partial charge in [-0.05, 0) is 18.1 Å². The van der Waals surface area contributed by atoms with Gasteiger partial charge in [0.05, 0.1) is 12.3 Å². The van der Waals surface area contributed by atoms with Crippen molar-refractivity contribution in [1.29, 1.82) is 0 Å². The molecule has 0 fully saturated rings. The monoisotopic (exact) mass is 373 g/mol. The van der Waals surface area contributed by atoms with Crippen LogP contribution in [0.2, 0.25) is 0 Å². The third-order valence-electron chi connectivity index (χ3n) is 3.34. The molecule has 2 amide bonds. The second-order valence-electron chi connectivity index (χ2n) is 6.13. The van der Waals surface area contributed by atoms with Gasteiger partial charge in [-0.2, -0.15) is 4.98 Å². The summed E-state index contributed by atoms with van der Waals surface area (Å²) in [5.74, 6) is 0.333. The van der Waals surface area contributed by atoms with E-state index in [2.05, 4.69) is 20.7 Å². The minimum Gasteiger partial charge on any atom is -0.449 e. The smallest absolute Gasteiger partial charge is 0.414 e. The molecule has 1 aromatic carbocycles. The molecule has 0 unspecified atom stereocenters. The minimum atomic E-state index is -0.571.